The molecular formula is C7H5Br2N3O2. The Labute approximate surface area is 96.6 Å². The molecule has 1 aromatic rings. The van der Waals surface area contributed by atoms with Crippen molar-refractivity contribution in [3.05, 3.63) is 38.9 Å². The fourth-order valence-corrected chi connectivity index (χ4v) is 1.03. The summed E-state index contributed by atoms with van der Waals surface area (Å²) < 4.78 is 0.570. The lowest BCUT2D eigenvalue weighted by Crippen LogP contribution is -2.05. The number of halogens is 2. The van der Waals surface area contributed by atoms with Crippen molar-refractivity contribution in [2.75, 3.05) is 5.43 Å². The van der Waals surface area contributed by atoms with Gasteiger partial charge < -0.3 is 10.1 Å². The Morgan fingerprint density at radius 1 is 1.43 bits per heavy atom. The lowest BCUT2D eigenvalue weighted by atomic mass is 10.3. The van der Waals surface area contributed by atoms with E-state index in [2.05, 4.69) is 42.4 Å². The van der Waals surface area contributed by atoms with Crippen molar-refractivity contribution < 1.29 is 4.92 Å². The number of hydrogen-bond acceptors (Lipinski definition) is 4. The summed E-state index contributed by atoms with van der Waals surface area (Å²) in [6.45, 7) is 0. The van der Waals surface area contributed by atoms with Gasteiger partial charge in [-0.3, -0.25) is 0 Å². The molecule has 0 saturated carbocycles. The van der Waals surface area contributed by atoms with Gasteiger partial charge in [-0.2, -0.15) is 5.43 Å². The molecule has 0 fully saturated rings. The minimum absolute atomic E-state index is 0.361. The number of benzene rings is 1. The van der Waals surface area contributed by atoms with E-state index in [4.69, 9.17) is 0 Å². The SMILES string of the molecule is O=[N+]([O-])/C(Br)=N/Nc1ccc(Br)cc1. The second kappa shape index (κ2) is 5.06. The molecule has 1 rings (SSSR count). The van der Waals surface area contributed by atoms with E-state index in [1.807, 2.05) is 0 Å². The van der Waals surface area contributed by atoms with Crippen LogP contribution < -0.4 is 5.43 Å². The number of amidine groups is 1. The molecular weight excluding hydrogens is 318 g/mol. The molecule has 0 saturated heterocycles. The highest BCUT2D eigenvalue weighted by atomic mass is 79.9. The molecule has 0 atom stereocenters. The van der Waals surface area contributed by atoms with Gasteiger partial charge in [0, 0.05) is 4.47 Å². The molecule has 0 aliphatic heterocycles. The summed E-state index contributed by atoms with van der Waals surface area (Å²) in [4.78, 5) is 9.52. The quantitative estimate of drug-likeness (QED) is 0.299. The Kier molecular flexibility index (Phi) is 4.02. The normalized spacial score (nSPS) is 11.1. The van der Waals surface area contributed by atoms with Crippen molar-refractivity contribution in [3.8, 4) is 0 Å². The smallest absolute Gasteiger partial charge is 0.357 e. The maximum Gasteiger partial charge on any atom is 0.430 e. The average molecular weight is 323 g/mol. The molecule has 0 bridgehead atoms. The molecule has 1 aromatic carbocycles. The zero-order chi connectivity index (χ0) is 10.6. The first-order valence-corrected chi connectivity index (χ1v) is 5.07. The van der Waals surface area contributed by atoms with Crippen LogP contribution >= 0.6 is 31.9 Å². The third kappa shape index (κ3) is 3.43. The van der Waals surface area contributed by atoms with E-state index in [0.717, 1.165) is 4.47 Å². The number of nitrogens with one attached hydrogen (secondary N) is 1. The van der Waals surface area contributed by atoms with E-state index < -0.39 is 4.92 Å². The van der Waals surface area contributed by atoms with Crippen molar-refractivity contribution in [1.82, 2.24) is 0 Å². The Balaban J connectivity index is 2.66. The van der Waals surface area contributed by atoms with E-state index >= 15 is 0 Å². The third-order valence-electron chi connectivity index (χ3n) is 1.27. The van der Waals surface area contributed by atoms with Crippen LogP contribution in [0.3, 0.4) is 0 Å². The number of nitrogens with zero attached hydrogens (tertiary/aromatic N) is 2. The molecule has 74 valence electrons. The molecule has 14 heavy (non-hydrogen) atoms. The molecule has 0 heterocycles. The first-order chi connectivity index (χ1) is 6.59. The number of hydrazone groups is 1. The summed E-state index contributed by atoms with van der Waals surface area (Å²) in [6, 6.07) is 7.09. The number of rotatable bonds is 2. The van der Waals surface area contributed by atoms with Gasteiger partial charge in [0.1, 0.15) is 0 Å². The highest BCUT2D eigenvalue weighted by Crippen LogP contribution is 2.14. The molecule has 0 aromatic heterocycles. The molecule has 0 unspecified atom stereocenters. The van der Waals surface area contributed by atoms with E-state index in [0.29, 0.717) is 5.69 Å². The van der Waals surface area contributed by atoms with Gasteiger partial charge in [0.2, 0.25) is 0 Å². The fourth-order valence-electron chi connectivity index (χ4n) is 0.676. The Morgan fingerprint density at radius 2 is 2.00 bits per heavy atom. The van der Waals surface area contributed by atoms with Crippen LogP contribution in [0.15, 0.2) is 33.8 Å². The Bertz CT molecular complexity index is 364. The number of nitro groups is 1. The summed E-state index contributed by atoms with van der Waals surface area (Å²) >= 11 is 5.96. The predicted molar refractivity (Wildman–Crippen MR) is 61.1 cm³/mol. The first kappa shape index (κ1) is 11.1. The maximum absolute atomic E-state index is 10.2. The second-order valence-electron chi connectivity index (χ2n) is 2.26. The standard InChI is InChI=1S/C7H5Br2N3O2/c8-5-1-3-6(4-2-5)10-11-7(9)12(13)14/h1-4,10H/b11-7+. The van der Waals surface area contributed by atoms with Crippen LogP contribution in [0, 0.1) is 10.1 Å². The van der Waals surface area contributed by atoms with Crippen LogP contribution in [0.25, 0.3) is 0 Å². The summed E-state index contributed by atoms with van der Waals surface area (Å²) in [7, 11) is 0. The van der Waals surface area contributed by atoms with Crippen LogP contribution in [-0.2, 0) is 0 Å². The fraction of sp³-hybridized carbons (Fsp3) is 0. The lowest BCUT2D eigenvalue weighted by molar-refractivity contribution is -0.342. The van der Waals surface area contributed by atoms with Gasteiger partial charge >= 0.3 is 4.74 Å². The topological polar surface area (TPSA) is 67.5 Å². The summed E-state index contributed by atoms with van der Waals surface area (Å²) in [5.41, 5.74) is 3.20. The van der Waals surface area contributed by atoms with Crippen LogP contribution in [-0.4, -0.2) is 9.67 Å². The molecule has 0 aliphatic rings. The molecule has 5 nitrogen and oxygen atoms in total. The van der Waals surface area contributed by atoms with Gasteiger partial charge in [0.15, 0.2) is 0 Å². The molecule has 1 N–H and O–H groups in total. The van der Waals surface area contributed by atoms with Crippen molar-refractivity contribution in [3.63, 3.8) is 0 Å². The average Bonchev–Trinajstić information content (AvgIpc) is 2.16. The molecule has 0 spiro atoms. The minimum Gasteiger partial charge on any atom is -0.357 e. The highest BCUT2D eigenvalue weighted by molar-refractivity contribution is 9.18. The summed E-state index contributed by atoms with van der Waals surface area (Å²) in [6.07, 6.45) is 0. The minimum atomic E-state index is -0.633. The monoisotopic (exact) mass is 321 g/mol. The van der Waals surface area contributed by atoms with E-state index in [1.54, 1.807) is 24.3 Å². The third-order valence-corrected chi connectivity index (χ3v) is 2.27. The van der Waals surface area contributed by atoms with E-state index in [-0.39, 0.29) is 4.74 Å². The van der Waals surface area contributed by atoms with E-state index in [1.165, 1.54) is 0 Å². The van der Waals surface area contributed by atoms with Gasteiger partial charge in [0.05, 0.1) is 26.7 Å². The molecule has 7 heteroatoms. The first-order valence-electron chi connectivity index (χ1n) is 3.49. The van der Waals surface area contributed by atoms with Crippen molar-refractivity contribution >= 4 is 42.3 Å². The van der Waals surface area contributed by atoms with Crippen molar-refractivity contribution in [1.29, 1.82) is 0 Å². The Hall–Kier alpha value is -0.950. The van der Waals surface area contributed by atoms with Gasteiger partial charge in [-0.15, -0.1) is 0 Å². The van der Waals surface area contributed by atoms with Crippen LogP contribution in [0.5, 0.6) is 0 Å². The van der Waals surface area contributed by atoms with E-state index in [9.17, 15) is 10.1 Å². The molecule has 0 amide bonds. The zero-order valence-electron chi connectivity index (χ0n) is 6.78. The zero-order valence-corrected chi connectivity index (χ0v) is 9.95. The van der Waals surface area contributed by atoms with Crippen molar-refractivity contribution in [2.24, 2.45) is 5.10 Å². The van der Waals surface area contributed by atoms with Crippen LogP contribution in [0.2, 0.25) is 0 Å². The largest absolute Gasteiger partial charge is 0.430 e. The van der Waals surface area contributed by atoms with Gasteiger partial charge in [0.25, 0.3) is 0 Å². The van der Waals surface area contributed by atoms with Gasteiger partial charge in [-0.1, -0.05) is 15.9 Å². The van der Waals surface area contributed by atoms with Gasteiger partial charge in [-0.05, 0) is 29.2 Å². The number of hydrogen-bond donors (Lipinski definition) is 1. The highest BCUT2D eigenvalue weighted by Gasteiger charge is 2.05. The molecule has 0 aliphatic carbocycles. The number of anilines is 1. The summed E-state index contributed by atoms with van der Waals surface area (Å²) in [5.74, 6) is 0. The lowest BCUT2D eigenvalue weighted by Gasteiger charge is -1.95. The van der Waals surface area contributed by atoms with Gasteiger partial charge in [-0.25, -0.2) is 0 Å². The van der Waals surface area contributed by atoms with Crippen molar-refractivity contribution in [2.45, 2.75) is 0 Å². The van der Waals surface area contributed by atoms with Crippen LogP contribution in [0.1, 0.15) is 0 Å². The summed E-state index contributed by atoms with van der Waals surface area (Å²) in [5, 5.41) is 13.6. The Morgan fingerprint density at radius 3 is 2.50 bits per heavy atom. The predicted octanol–water partition coefficient (Wildman–Crippen LogP) is 2.80. The van der Waals surface area contributed by atoms with Crippen LogP contribution in [0.4, 0.5) is 5.69 Å². The molecule has 0 radical (unpaired) electrons. The maximum atomic E-state index is 10.2. The second-order valence-corrected chi connectivity index (χ2v) is 3.88.